The van der Waals surface area contributed by atoms with Crippen molar-refractivity contribution in [1.29, 1.82) is 0 Å². The lowest BCUT2D eigenvalue weighted by molar-refractivity contribution is 0.0934. The fraction of sp³-hybridized carbons (Fsp3) is 0.421. The lowest BCUT2D eigenvalue weighted by Gasteiger charge is -2.15. The van der Waals surface area contributed by atoms with Crippen molar-refractivity contribution in [3.63, 3.8) is 0 Å². The first kappa shape index (κ1) is 20.3. The van der Waals surface area contributed by atoms with Gasteiger partial charge in [-0.1, -0.05) is 6.92 Å². The van der Waals surface area contributed by atoms with E-state index in [0.717, 1.165) is 6.42 Å². The number of hydrogen-bond donors (Lipinski definition) is 2. The van der Waals surface area contributed by atoms with Crippen molar-refractivity contribution in [1.82, 2.24) is 15.3 Å². The van der Waals surface area contributed by atoms with Gasteiger partial charge in [-0.2, -0.15) is 0 Å². The predicted octanol–water partition coefficient (Wildman–Crippen LogP) is 3.08. The number of aromatic nitrogens is 2. The number of hydrogen-bond acceptors (Lipinski definition) is 7. The molecule has 146 valence electrons. The summed E-state index contributed by atoms with van der Waals surface area (Å²) >= 11 is 0. The van der Waals surface area contributed by atoms with E-state index in [1.165, 1.54) is 0 Å². The zero-order valence-corrected chi connectivity index (χ0v) is 16.5. The summed E-state index contributed by atoms with van der Waals surface area (Å²) in [5.74, 6) is 2.27. The second kappa shape index (κ2) is 9.07. The summed E-state index contributed by atoms with van der Waals surface area (Å²) in [4.78, 5) is 20.9. The van der Waals surface area contributed by atoms with Crippen LogP contribution in [-0.4, -0.2) is 43.2 Å². The Balaban J connectivity index is 2.33. The van der Waals surface area contributed by atoms with E-state index in [2.05, 4.69) is 20.6 Å². The summed E-state index contributed by atoms with van der Waals surface area (Å²) < 4.78 is 16.0. The monoisotopic (exact) mass is 374 g/mol. The van der Waals surface area contributed by atoms with E-state index >= 15 is 0 Å². The molecule has 0 aliphatic carbocycles. The quantitative estimate of drug-likeness (QED) is 0.733. The van der Waals surface area contributed by atoms with Crippen LogP contribution in [0.3, 0.4) is 0 Å². The van der Waals surface area contributed by atoms with Gasteiger partial charge in [-0.25, -0.2) is 9.97 Å². The molecule has 8 nitrogen and oxygen atoms in total. The van der Waals surface area contributed by atoms with Crippen molar-refractivity contribution >= 4 is 17.4 Å². The highest BCUT2D eigenvalue weighted by atomic mass is 16.5. The van der Waals surface area contributed by atoms with E-state index in [9.17, 15) is 4.79 Å². The first-order chi connectivity index (χ1) is 12.9. The van der Waals surface area contributed by atoms with Gasteiger partial charge in [-0.3, -0.25) is 4.79 Å². The van der Waals surface area contributed by atoms with E-state index in [4.69, 9.17) is 14.2 Å². The molecule has 2 N–H and O–H groups in total. The van der Waals surface area contributed by atoms with Gasteiger partial charge in [-0.05, 0) is 20.3 Å². The number of rotatable bonds is 8. The summed E-state index contributed by atoms with van der Waals surface area (Å²) in [6.07, 6.45) is 0.840. The van der Waals surface area contributed by atoms with Gasteiger partial charge in [-0.15, -0.1) is 0 Å². The summed E-state index contributed by atoms with van der Waals surface area (Å²) in [5, 5.41) is 6.06. The third-order valence-corrected chi connectivity index (χ3v) is 4.00. The molecule has 0 bridgehead atoms. The molecule has 1 heterocycles. The molecule has 1 aromatic heterocycles. The second-order valence-corrected chi connectivity index (χ2v) is 6.01. The number of nitrogens with zero attached hydrogens (tertiary/aromatic N) is 2. The van der Waals surface area contributed by atoms with Crippen molar-refractivity contribution in [3.05, 3.63) is 29.7 Å². The largest absolute Gasteiger partial charge is 0.493 e. The maximum Gasteiger partial charge on any atom is 0.270 e. The van der Waals surface area contributed by atoms with Gasteiger partial charge in [0.25, 0.3) is 5.91 Å². The first-order valence-electron chi connectivity index (χ1n) is 8.65. The molecule has 1 aromatic carbocycles. The molecule has 8 heteroatoms. The van der Waals surface area contributed by atoms with Crippen molar-refractivity contribution in [2.45, 2.75) is 33.2 Å². The minimum Gasteiger partial charge on any atom is -0.493 e. The Labute approximate surface area is 159 Å². The number of ether oxygens (including phenoxy) is 3. The normalized spacial score (nSPS) is 11.5. The number of amides is 1. The van der Waals surface area contributed by atoms with Crippen LogP contribution in [0, 0.1) is 6.92 Å². The van der Waals surface area contributed by atoms with Crippen molar-refractivity contribution in [3.8, 4) is 17.2 Å². The SMILES string of the molecule is CCC(C)NC(=O)c1cc(Nc2cc(OC)c(OC)c(OC)c2)nc(C)n1. The van der Waals surface area contributed by atoms with E-state index in [1.54, 1.807) is 46.5 Å². The van der Waals surface area contributed by atoms with E-state index in [0.29, 0.717) is 40.3 Å². The highest BCUT2D eigenvalue weighted by Crippen LogP contribution is 2.40. The van der Waals surface area contributed by atoms with Crippen LogP contribution in [0.2, 0.25) is 0 Å². The van der Waals surface area contributed by atoms with Crippen molar-refractivity contribution in [2.75, 3.05) is 26.6 Å². The van der Waals surface area contributed by atoms with Gasteiger partial charge < -0.3 is 24.8 Å². The van der Waals surface area contributed by atoms with Crippen molar-refractivity contribution in [2.24, 2.45) is 0 Å². The fourth-order valence-corrected chi connectivity index (χ4v) is 2.45. The second-order valence-electron chi connectivity index (χ2n) is 6.01. The molecule has 2 aromatic rings. The van der Waals surface area contributed by atoms with Gasteiger partial charge >= 0.3 is 0 Å². The molecule has 1 atom stereocenters. The molecule has 0 saturated carbocycles. The summed E-state index contributed by atoms with van der Waals surface area (Å²) in [7, 11) is 4.64. The van der Waals surface area contributed by atoms with Gasteiger partial charge in [0.15, 0.2) is 11.5 Å². The van der Waals surface area contributed by atoms with Gasteiger partial charge in [0.05, 0.1) is 21.3 Å². The Kier molecular flexibility index (Phi) is 6.81. The maximum atomic E-state index is 12.4. The Morgan fingerprint density at radius 2 is 1.70 bits per heavy atom. The van der Waals surface area contributed by atoms with Crippen LogP contribution in [-0.2, 0) is 0 Å². The lowest BCUT2D eigenvalue weighted by atomic mass is 10.2. The van der Waals surface area contributed by atoms with Crippen LogP contribution in [0.1, 0.15) is 36.6 Å². The Bertz CT molecular complexity index is 785. The summed E-state index contributed by atoms with van der Waals surface area (Å²) in [5.41, 5.74) is 0.980. The molecule has 27 heavy (non-hydrogen) atoms. The fourth-order valence-electron chi connectivity index (χ4n) is 2.45. The summed E-state index contributed by atoms with van der Waals surface area (Å²) in [6, 6.07) is 5.20. The molecule has 0 saturated heterocycles. The zero-order valence-electron chi connectivity index (χ0n) is 16.5. The lowest BCUT2D eigenvalue weighted by Crippen LogP contribution is -2.32. The Morgan fingerprint density at radius 3 is 2.22 bits per heavy atom. The Morgan fingerprint density at radius 1 is 1.07 bits per heavy atom. The molecule has 0 radical (unpaired) electrons. The number of nitrogens with one attached hydrogen (secondary N) is 2. The Hall–Kier alpha value is -3.03. The van der Waals surface area contributed by atoms with E-state index in [1.807, 2.05) is 13.8 Å². The van der Waals surface area contributed by atoms with Crippen LogP contribution < -0.4 is 24.8 Å². The third-order valence-electron chi connectivity index (χ3n) is 4.00. The third kappa shape index (κ3) is 4.99. The number of methoxy groups -OCH3 is 3. The summed E-state index contributed by atoms with van der Waals surface area (Å²) in [6.45, 7) is 5.69. The van der Waals surface area contributed by atoms with Crippen LogP contribution in [0.5, 0.6) is 17.2 Å². The van der Waals surface area contributed by atoms with Gasteiger partial charge in [0.2, 0.25) is 5.75 Å². The number of carbonyl (C=O) groups excluding carboxylic acids is 1. The number of anilines is 2. The average molecular weight is 374 g/mol. The smallest absolute Gasteiger partial charge is 0.270 e. The molecular weight excluding hydrogens is 348 g/mol. The molecule has 0 spiro atoms. The van der Waals surface area contributed by atoms with Crippen LogP contribution in [0.25, 0.3) is 0 Å². The van der Waals surface area contributed by atoms with Crippen LogP contribution in [0.15, 0.2) is 18.2 Å². The van der Waals surface area contributed by atoms with Crippen molar-refractivity contribution < 1.29 is 19.0 Å². The molecule has 0 fully saturated rings. The highest BCUT2D eigenvalue weighted by Gasteiger charge is 2.15. The highest BCUT2D eigenvalue weighted by molar-refractivity contribution is 5.93. The number of benzene rings is 1. The first-order valence-corrected chi connectivity index (χ1v) is 8.65. The molecular formula is C19H26N4O4. The van der Waals surface area contributed by atoms with E-state index in [-0.39, 0.29) is 11.9 Å². The van der Waals surface area contributed by atoms with Gasteiger partial charge in [0, 0.05) is 29.9 Å². The number of aryl methyl sites for hydroxylation is 1. The minimum atomic E-state index is -0.234. The van der Waals surface area contributed by atoms with E-state index < -0.39 is 0 Å². The maximum absolute atomic E-state index is 12.4. The van der Waals surface area contributed by atoms with Crippen LogP contribution in [0.4, 0.5) is 11.5 Å². The topological polar surface area (TPSA) is 94.6 Å². The van der Waals surface area contributed by atoms with Crippen LogP contribution >= 0.6 is 0 Å². The molecule has 1 amide bonds. The molecule has 2 rings (SSSR count). The molecule has 0 aliphatic heterocycles. The zero-order chi connectivity index (χ0) is 20.0. The molecule has 1 unspecified atom stereocenters. The molecule has 0 aliphatic rings. The minimum absolute atomic E-state index is 0.0688. The average Bonchev–Trinajstić information content (AvgIpc) is 2.66. The number of carbonyl (C=O) groups is 1. The predicted molar refractivity (Wildman–Crippen MR) is 103 cm³/mol. The standard InChI is InChI=1S/C19H26N4O4/c1-7-11(2)20-19(24)14-10-17(22-12(3)21-14)23-13-8-15(25-4)18(27-6)16(9-13)26-5/h8-11H,7H2,1-6H3,(H,20,24)(H,21,22,23). The van der Waals surface area contributed by atoms with Gasteiger partial charge in [0.1, 0.15) is 17.3 Å².